The largest absolute Gasteiger partial charge is 0.508 e. The molecule has 4 rings (SSSR count). The molecule has 0 radical (unpaired) electrons. The van der Waals surface area contributed by atoms with Crippen LogP contribution in [0.5, 0.6) is 11.5 Å². The van der Waals surface area contributed by atoms with E-state index >= 15 is 0 Å². The Balaban J connectivity index is 1.77. The maximum Gasteiger partial charge on any atom is 0.433 e. The van der Waals surface area contributed by atoms with Crippen molar-refractivity contribution >= 4 is 11.3 Å². The third-order valence-corrected chi connectivity index (χ3v) is 5.02. The quantitative estimate of drug-likeness (QED) is 0.483. The molecule has 0 saturated heterocycles. The number of hydrogen-bond donors (Lipinski definition) is 1. The molecule has 0 atom stereocenters. The molecule has 2 aromatic carbocycles. The van der Waals surface area contributed by atoms with Crippen molar-refractivity contribution in [3.05, 3.63) is 65.7 Å². The number of nitrogens with zero attached hydrogens (tertiary/aromatic N) is 3. The molecule has 4 aromatic rings. The van der Waals surface area contributed by atoms with Gasteiger partial charge >= 0.3 is 6.18 Å². The van der Waals surface area contributed by atoms with Gasteiger partial charge in [0.25, 0.3) is 0 Å². The van der Waals surface area contributed by atoms with E-state index in [9.17, 15) is 18.3 Å². The van der Waals surface area contributed by atoms with Crippen molar-refractivity contribution in [3.63, 3.8) is 0 Å². The number of hydrogen-bond acceptors (Lipinski definition) is 5. The van der Waals surface area contributed by atoms with Gasteiger partial charge in [0.05, 0.1) is 18.5 Å². The Morgan fingerprint density at radius 1 is 1.00 bits per heavy atom. The molecule has 5 nitrogen and oxygen atoms in total. The molecule has 0 bridgehead atoms. The van der Waals surface area contributed by atoms with E-state index in [0.29, 0.717) is 17.0 Å². The van der Waals surface area contributed by atoms with Crippen molar-refractivity contribution in [1.29, 1.82) is 0 Å². The second kappa shape index (κ2) is 7.25. The van der Waals surface area contributed by atoms with E-state index in [1.165, 1.54) is 12.1 Å². The maximum absolute atomic E-state index is 13.6. The lowest BCUT2D eigenvalue weighted by molar-refractivity contribution is -0.142. The lowest BCUT2D eigenvalue weighted by Crippen LogP contribution is -2.13. The van der Waals surface area contributed by atoms with Crippen LogP contribution in [0, 0.1) is 0 Å². The van der Waals surface area contributed by atoms with Crippen LogP contribution in [-0.2, 0) is 6.18 Å². The Kier molecular flexibility index (Phi) is 4.75. The van der Waals surface area contributed by atoms with Crippen molar-refractivity contribution < 1.29 is 23.0 Å². The highest BCUT2D eigenvalue weighted by Crippen LogP contribution is 2.36. The molecule has 2 aromatic heterocycles. The number of phenols is 1. The second-order valence-corrected chi connectivity index (χ2v) is 6.96. The first-order valence-corrected chi connectivity index (χ1v) is 9.30. The summed E-state index contributed by atoms with van der Waals surface area (Å²) >= 11 is 1.06. The second-order valence-electron chi connectivity index (χ2n) is 6.12. The van der Waals surface area contributed by atoms with Gasteiger partial charge in [0.1, 0.15) is 11.5 Å². The SMILES string of the molecule is COc1ccc(-c2csc(-n3nc(-c4cccc(O)c4)cc3C(F)(F)F)n2)cc1. The van der Waals surface area contributed by atoms with Crippen LogP contribution in [0.2, 0.25) is 0 Å². The van der Waals surface area contributed by atoms with Gasteiger partial charge in [-0.1, -0.05) is 12.1 Å². The molecule has 0 amide bonds. The minimum Gasteiger partial charge on any atom is -0.508 e. The van der Waals surface area contributed by atoms with E-state index in [2.05, 4.69) is 10.1 Å². The van der Waals surface area contributed by atoms with E-state index in [1.54, 1.807) is 48.9 Å². The minimum absolute atomic E-state index is 0.0540. The Morgan fingerprint density at radius 3 is 2.41 bits per heavy atom. The highest BCUT2D eigenvalue weighted by Gasteiger charge is 2.37. The van der Waals surface area contributed by atoms with Crippen LogP contribution < -0.4 is 4.74 Å². The molecule has 2 heterocycles. The number of phenolic OH excluding ortho intramolecular Hbond substituents is 1. The molecule has 0 fully saturated rings. The van der Waals surface area contributed by atoms with E-state index in [0.717, 1.165) is 27.6 Å². The fourth-order valence-electron chi connectivity index (χ4n) is 2.79. The van der Waals surface area contributed by atoms with Crippen LogP contribution in [-0.4, -0.2) is 27.0 Å². The third-order valence-electron chi connectivity index (χ3n) is 4.20. The number of aromatic hydroxyl groups is 1. The third kappa shape index (κ3) is 3.81. The molecule has 0 spiro atoms. The molecule has 29 heavy (non-hydrogen) atoms. The first-order valence-electron chi connectivity index (χ1n) is 8.42. The van der Waals surface area contributed by atoms with Crippen molar-refractivity contribution in [3.8, 4) is 39.1 Å². The average Bonchev–Trinajstić information content (AvgIpc) is 3.35. The normalized spacial score (nSPS) is 11.6. The van der Waals surface area contributed by atoms with Gasteiger partial charge in [0.2, 0.25) is 5.13 Å². The van der Waals surface area contributed by atoms with Gasteiger partial charge in [-0.15, -0.1) is 11.3 Å². The lowest BCUT2D eigenvalue weighted by atomic mass is 10.1. The molecular weight excluding hydrogens is 403 g/mol. The summed E-state index contributed by atoms with van der Waals surface area (Å²) in [6, 6.07) is 13.9. The topological polar surface area (TPSA) is 60.2 Å². The average molecular weight is 417 g/mol. The summed E-state index contributed by atoms with van der Waals surface area (Å²) in [5, 5.41) is 15.5. The molecule has 0 saturated carbocycles. The predicted octanol–water partition coefficient (Wildman–Crippen LogP) is 5.40. The molecule has 148 valence electrons. The molecule has 0 aliphatic carbocycles. The highest BCUT2D eigenvalue weighted by molar-refractivity contribution is 7.12. The van der Waals surface area contributed by atoms with Gasteiger partial charge in [-0.05, 0) is 42.5 Å². The van der Waals surface area contributed by atoms with Crippen LogP contribution in [0.15, 0.2) is 60.0 Å². The standard InChI is InChI=1S/C20H14F3N3O2S/c1-28-15-7-5-12(6-8-15)17-11-29-19(24-17)26-18(20(21,22)23)10-16(25-26)13-3-2-4-14(27)9-13/h2-11,27H,1H3. The number of benzene rings is 2. The van der Waals surface area contributed by atoms with Crippen LogP contribution in [0.4, 0.5) is 13.2 Å². The fourth-order valence-corrected chi connectivity index (χ4v) is 3.59. The summed E-state index contributed by atoms with van der Waals surface area (Å²) in [5.74, 6) is 0.619. The molecule has 0 unspecified atom stereocenters. The van der Waals surface area contributed by atoms with Crippen LogP contribution >= 0.6 is 11.3 Å². The van der Waals surface area contributed by atoms with Crippen molar-refractivity contribution in [1.82, 2.24) is 14.8 Å². The zero-order valence-electron chi connectivity index (χ0n) is 15.0. The van der Waals surface area contributed by atoms with Gasteiger partial charge in [0.15, 0.2) is 5.69 Å². The fraction of sp³-hybridized carbons (Fsp3) is 0.100. The number of thiazole rings is 1. The van der Waals surface area contributed by atoms with Gasteiger partial charge in [-0.25, -0.2) is 9.67 Å². The van der Waals surface area contributed by atoms with E-state index < -0.39 is 11.9 Å². The number of ether oxygens (including phenoxy) is 1. The summed E-state index contributed by atoms with van der Waals surface area (Å²) in [6.45, 7) is 0. The Morgan fingerprint density at radius 2 is 1.76 bits per heavy atom. The molecular formula is C20H14F3N3O2S. The summed E-state index contributed by atoms with van der Waals surface area (Å²) in [4.78, 5) is 4.33. The van der Waals surface area contributed by atoms with Gasteiger partial charge in [-0.3, -0.25) is 0 Å². The first kappa shape index (κ1) is 19.0. The number of aromatic nitrogens is 3. The molecule has 0 aliphatic rings. The summed E-state index contributed by atoms with van der Waals surface area (Å²) in [6.07, 6.45) is -4.62. The Hall–Kier alpha value is -3.33. The first-order chi connectivity index (χ1) is 13.8. The Labute approximate surface area is 167 Å². The van der Waals surface area contributed by atoms with Crippen molar-refractivity contribution in [2.75, 3.05) is 7.11 Å². The number of methoxy groups -OCH3 is 1. The van der Waals surface area contributed by atoms with E-state index in [-0.39, 0.29) is 16.6 Å². The van der Waals surface area contributed by atoms with Gasteiger partial charge in [-0.2, -0.15) is 18.3 Å². The number of halogens is 3. The van der Waals surface area contributed by atoms with Crippen LogP contribution in [0.1, 0.15) is 5.69 Å². The summed E-state index contributed by atoms with van der Waals surface area (Å²) in [7, 11) is 1.55. The summed E-state index contributed by atoms with van der Waals surface area (Å²) in [5.41, 5.74) is 0.819. The maximum atomic E-state index is 13.6. The van der Waals surface area contributed by atoms with Gasteiger partial charge in [0, 0.05) is 16.5 Å². The van der Waals surface area contributed by atoms with Crippen molar-refractivity contribution in [2.24, 2.45) is 0 Å². The molecule has 1 N–H and O–H groups in total. The van der Waals surface area contributed by atoms with Crippen LogP contribution in [0.25, 0.3) is 27.6 Å². The predicted molar refractivity (Wildman–Crippen MR) is 103 cm³/mol. The summed E-state index contributed by atoms with van der Waals surface area (Å²) < 4.78 is 46.7. The van der Waals surface area contributed by atoms with Crippen LogP contribution in [0.3, 0.4) is 0 Å². The zero-order valence-corrected chi connectivity index (χ0v) is 15.8. The monoisotopic (exact) mass is 417 g/mol. The molecule has 9 heteroatoms. The molecule has 0 aliphatic heterocycles. The minimum atomic E-state index is -4.62. The van der Waals surface area contributed by atoms with Crippen molar-refractivity contribution in [2.45, 2.75) is 6.18 Å². The smallest absolute Gasteiger partial charge is 0.433 e. The highest BCUT2D eigenvalue weighted by atomic mass is 32.1. The van der Waals surface area contributed by atoms with E-state index in [1.807, 2.05) is 0 Å². The lowest BCUT2D eigenvalue weighted by Gasteiger charge is -2.07. The number of rotatable bonds is 4. The zero-order chi connectivity index (χ0) is 20.6. The Bertz CT molecular complexity index is 1150. The van der Waals surface area contributed by atoms with E-state index in [4.69, 9.17) is 4.74 Å². The number of alkyl halides is 3. The van der Waals surface area contributed by atoms with Gasteiger partial charge < -0.3 is 9.84 Å².